The van der Waals surface area contributed by atoms with E-state index >= 15 is 0 Å². The molecule has 1 saturated heterocycles. The number of aliphatic imine (C=N–C) groups is 1. The highest BCUT2D eigenvalue weighted by Gasteiger charge is 2.19. The monoisotopic (exact) mass is 496 g/mol. The Morgan fingerprint density at radius 1 is 1.31 bits per heavy atom. The van der Waals surface area contributed by atoms with Crippen molar-refractivity contribution in [1.29, 1.82) is 0 Å². The molecule has 1 aromatic rings. The van der Waals surface area contributed by atoms with Crippen molar-refractivity contribution >= 4 is 41.7 Å². The van der Waals surface area contributed by atoms with Crippen LogP contribution in [0.4, 0.5) is 4.39 Å². The van der Waals surface area contributed by atoms with Crippen LogP contribution in [0.1, 0.15) is 12.0 Å². The predicted octanol–water partition coefficient (Wildman–Crippen LogP) is 2.90. The molecule has 1 heterocycles. The maximum Gasteiger partial charge on any atom is 0.193 e. The van der Waals surface area contributed by atoms with Crippen LogP contribution in [0.3, 0.4) is 0 Å². The minimum atomic E-state index is -0.298. The van der Waals surface area contributed by atoms with Gasteiger partial charge in [-0.25, -0.2) is 4.39 Å². The van der Waals surface area contributed by atoms with E-state index in [1.807, 2.05) is 24.9 Å². The van der Waals surface area contributed by atoms with Gasteiger partial charge in [-0.3, -0.25) is 9.89 Å². The number of benzene rings is 1. The summed E-state index contributed by atoms with van der Waals surface area (Å²) in [6.45, 7) is 5.47. The van der Waals surface area contributed by atoms with E-state index in [4.69, 9.17) is 4.74 Å². The quantitative estimate of drug-likeness (QED) is 0.272. The summed E-state index contributed by atoms with van der Waals surface area (Å²) in [6.07, 6.45) is 3.27. The first-order chi connectivity index (χ1) is 12.2. The molecule has 0 saturated carbocycles. The Bertz CT molecular complexity index is 568. The van der Waals surface area contributed by atoms with Crippen LogP contribution in [0, 0.1) is 5.82 Å². The SMILES string of the molecule is CN=C(NCCCSC)N1CCN(Cc2ccc(OC)c(F)c2)CC1.I. The molecule has 0 aromatic heterocycles. The van der Waals surface area contributed by atoms with E-state index in [0.717, 1.165) is 63.0 Å². The molecule has 8 heteroatoms. The number of guanidine groups is 1. The van der Waals surface area contributed by atoms with Gasteiger partial charge in [0.1, 0.15) is 0 Å². The van der Waals surface area contributed by atoms with Crippen LogP contribution < -0.4 is 10.1 Å². The van der Waals surface area contributed by atoms with Gasteiger partial charge >= 0.3 is 0 Å². The molecule has 1 aliphatic heterocycles. The maximum absolute atomic E-state index is 13.8. The summed E-state index contributed by atoms with van der Waals surface area (Å²) < 4.78 is 18.8. The number of thioether (sulfide) groups is 1. The number of nitrogens with one attached hydrogen (secondary N) is 1. The molecule has 0 radical (unpaired) electrons. The number of nitrogens with zero attached hydrogens (tertiary/aromatic N) is 3. The molecule has 0 amide bonds. The van der Waals surface area contributed by atoms with Crippen molar-refractivity contribution in [3.63, 3.8) is 0 Å². The van der Waals surface area contributed by atoms with Crippen molar-refractivity contribution in [1.82, 2.24) is 15.1 Å². The number of methoxy groups -OCH3 is 1. The molecular weight excluding hydrogens is 466 g/mol. The molecule has 0 aliphatic carbocycles. The summed E-state index contributed by atoms with van der Waals surface area (Å²) >= 11 is 1.87. The Hall–Kier alpha value is -0.740. The Morgan fingerprint density at radius 3 is 2.62 bits per heavy atom. The molecule has 2 rings (SSSR count). The van der Waals surface area contributed by atoms with E-state index in [9.17, 15) is 4.39 Å². The van der Waals surface area contributed by atoms with Crippen molar-refractivity contribution in [2.24, 2.45) is 4.99 Å². The van der Waals surface area contributed by atoms with Gasteiger partial charge in [-0.2, -0.15) is 11.8 Å². The first-order valence-corrected chi connectivity index (χ1v) is 10.1. The van der Waals surface area contributed by atoms with Crippen molar-refractivity contribution in [3.8, 4) is 5.75 Å². The van der Waals surface area contributed by atoms with Crippen LogP contribution in [0.25, 0.3) is 0 Å². The average molecular weight is 496 g/mol. The summed E-state index contributed by atoms with van der Waals surface area (Å²) in [5.41, 5.74) is 0.978. The summed E-state index contributed by atoms with van der Waals surface area (Å²) in [5.74, 6) is 2.14. The van der Waals surface area contributed by atoms with Crippen LogP contribution in [-0.4, -0.2) is 74.6 Å². The van der Waals surface area contributed by atoms with Gasteiger partial charge in [0.15, 0.2) is 17.5 Å². The highest BCUT2D eigenvalue weighted by Crippen LogP contribution is 2.19. The third-order valence-electron chi connectivity index (χ3n) is 4.31. The summed E-state index contributed by atoms with van der Waals surface area (Å²) in [7, 11) is 3.32. The van der Waals surface area contributed by atoms with Gasteiger partial charge in [-0.1, -0.05) is 6.07 Å². The third-order valence-corrected chi connectivity index (χ3v) is 5.01. The lowest BCUT2D eigenvalue weighted by atomic mass is 10.2. The molecule has 1 aliphatic rings. The number of hydrogen-bond donors (Lipinski definition) is 1. The number of ether oxygens (including phenoxy) is 1. The van der Waals surface area contributed by atoms with E-state index in [2.05, 4.69) is 26.4 Å². The lowest BCUT2D eigenvalue weighted by molar-refractivity contribution is 0.172. The molecule has 1 N–H and O–H groups in total. The van der Waals surface area contributed by atoms with Gasteiger partial charge in [0.25, 0.3) is 0 Å². The average Bonchev–Trinajstić information content (AvgIpc) is 2.63. The van der Waals surface area contributed by atoms with E-state index in [-0.39, 0.29) is 29.8 Å². The minimum Gasteiger partial charge on any atom is -0.494 e. The van der Waals surface area contributed by atoms with E-state index in [1.165, 1.54) is 7.11 Å². The zero-order valence-corrected chi connectivity index (χ0v) is 19.0. The van der Waals surface area contributed by atoms with E-state index in [1.54, 1.807) is 12.1 Å². The number of hydrogen-bond acceptors (Lipinski definition) is 4. The Labute approximate surface area is 177 Å². The molecule has 1 fully saturated rings. The number of piperazine rings is 1. The van der Waals surface area contributed by atoms with Crippen LogP contribution in [-0.2, 0) is 6.54 Å². The molecule has 1 aromatic carbocycles. The fourth-order valence-electron chi connectivity index (χ4n) is 2.93. The highest BCUT2D eigenvalue weighted by molar-refractivity contribution is 14.0. The highest BCUT2D eigenvalue weighted by atomic mass is 127. The normalized spacial score (nSPS) is 15.5. The maximum atomic E-state index is 13.8. The van der Waals surface area contributed by atoms with Crippen LogP contribution in [0.2, 0.25) is 0 Å². The fraction of sp³-hybridized carbons (Fsp3) is 0.611. The van der Waals surface area contributed by atoms with E-state index < -0.39 is 0 Å². The summed E-state index contributed by atoms with van der Waals surface area (Å²) in [5, 5.41) is 3.44. The molecular formula is C18H30FIN4OS. The molecule has 0 spiro atoms. The predicted molar refractivity (Wildman–Crippen MR) is 120 cm³/mol. The second-order valence-corrected chi connectivity index (χ2v) is 7.04. The largest absolute Gasteiger partial charge is 0.494 e. The lowest BCUT2D eigenvalue weighted by Crippen LogP contribution is -2.52. The number of halogens is 2. The molecule has 0 atom stereocenters. The van der Waals surface area contributed by atoms with E-state index in [0.29, 0.717) is 5.75 Å². The lowest BCUT2D eigenvalue weighted by Gasteiger charge is -2.36. The first kappa shape index (κ1) is 23.3. The Morgan fingerprint density at radius 2 is 2.04 bits per heavy atom. The van der Waals surface area contributed by atoms with Crippen molar-refractivity contribution < 1.29 is 9.13 Å². The van der Waals surface area contributed by atoms with Crippen LogP contribution in [0.15, 0.2) is 23.2 Å². The first-order valence-electron chi connectivity index (χ1n) is 8.67. The fourth-order valence-corrected chi connectivity index (χ4v) is 3.37. The van der Waals surface area contributed by atoms with Crippen molar-refractivity contribution in [3.05, 3.63) is 29.6 Å². The van der Waals surface area contributed by atoms with Crippen molar-refractivity contribution in [2.75, 3.05) is 58.9 Å². The van der Waals surface area contributed by atoms with Crippen molar-refractivity contribution in [2.45, 2.75) is 13.0 Å². The molecule has 26 heavy (non-hydrogen) atoms. The second kappa shape index (κ2) is 12.6. The van der Waals surface area contributed by atoms with Gasteiger partial charge in [0.2, 0.25) is 0 Å². The minimum absolute atomic E-state index is 0. The Kier molecular flexibility index (Phi) is 11.3. The standard InChI is InChI=1S/C18H29FN4OS.HI/c1-20-18(21-7-4-12-25-3)23-10-8-22(9-11-23)14-15-5-6-17(24-2)16(19)13-15;/h5-6,13H,4,7-12,14H2,1-3H3,(H,20,21);1H. The van der Waals surface area contributed by atoms with Gasteiger partial charge in [-0.15, -0.1) is 24.0 Å². The van der Waals surface area contributed by atoms with Gasteiger partial charge in [-0.05, 0) is 36.1 Å². The summed E-state index contributed by atoms with van der Waals surface area (Å²) in [4.78, 5) is 9.03. The zero-order valence-electron chi connectivity index (χ0n) is 15.8. The van der Waals surface area contributed by atoms with Gasteiger partial charge < -0.3 is 15.0 Å². The van der Waals surface area contributed by atoms with Crippen LogP contribution >= 0.6 is 35.7 Å². The Balaban J connectivity index is 0.00000338. The third kappa shape index (κ3) is 7.11. The summed E-state index contributed by atoms with van der Waals surface area (Å²) in [6, 6.07) is 5.19. The topological polar surface area (TPSA) is 40.1 Å². The molecule has 148 valence electrons. The smallest absolute Gasteiger partial charge is 0.193 e. The second-order valence-electron chi connectivity index (χ2n) is 6.05. The molecule has 0 bridgehead atoms. The zero-order chi connectivity index (χ0) is 18.1. The molecule has 5 nitrogen and oxygen atoms in total. The molecule has 0 unspecified atom stereocenters. The number of rotatable bonds is 7. The van der Waals surface area contributed by atoms with Gasteiger partial charge in [0, 0.05) is 46.3 Å². The van der Waals surface area contributed by atoms with Gasteiger partial charge in [0.05, 0.1) is 7.11 Å². The van der Waals surface area contributed by atoms with Crippen LogP contribution in [0.5, 0.6) is 5.75 Å².